The Labute approximate surface area is 104 Å². The first-order chi connectivity index (χ1) is 8.22. The van der Waals surface area contributed by atoms with Gasteiger partial charge in [-0.05, 0) is 43.7 Å². The molecule has 0 bridgehead atoms. The van der Waals surface area contributed by atoms with Crippen LogP contribution in [0.25, 0.3) is 0 Å². The lowest BCUT2D eigenvalue weighted by Gasteiger charge is -2.27. The molecular weight excluding hydrogens is 206 g/mol. The summed E-state index contributed by atoms with van der Waals surface area (Å²) in [6.07, 6.45) is 6.40. The summed E-state index contributed by atoms with van der Waals surface area (Å²) in [5.41, 5.74) is 3.82. The van der Waals surface area contributed by atoms with Crippen molar-refractivity contribution in [2.24, 2.45) is 5.92 Å². The van der Waals surface area contributed by atoms with Crippen LogP contribution in [0.2, 0.25) is 0 Å². The summed E-state index contributed by atoms with van der Waals surface area (Å²) in [4.78, 5) is 0. The van der Waals surface area contributed by atoms with Crippen molar-refractivity contribution in [3.8, 4) is 6.07 Å². The number of hydrogen-bond acceptors (Lipinski definition) is 1. The summed E-state index contributed by atoms with van der Waals surface area (Å²) < 4.78 is 0. The topological polar surface area (TPSA) is 23.8 Å². The number of rotatable bonds is 2. The van der Waals surface area contributed by atoms with E-state index in [0.717, 1.165) is 0 Å². The van der Waals surface area contributed by atoms with Crippen LogP contribution < -0.4 is 0 Å². The molecule has 0 aliphatic heterocycles. The van der Waals surface area contributed by atoms with Crippen LogP contribution in [0.15, 0.2) is 18.2 Å². The molecule has 0 spiro atoms. The molecule has 1 saturated carbocycles. The van der Waals surface area contributed by atoms with Gasteiger partial charge in [-0.2, -0.15) is 5.26 Å². The van der Waals surface area contributed by atoms with Crippen molar-refractivity contribution in [3.05, 3.63) is 34.9 Å². The van der Waals surface area contributed by atoms with Crippen molar-refractivity contribution in [3.63, 3.8) is 0 Å². The van der Waals surface area contributed by atoms with Crippen molar-refractivity contribution >= 4 is 0 Å². The van der Waals surface area contributed by atoms with Crippen LogP contribution in [-0.2, 0) is 0 Å². The second-order valence-electron chi connectivity index (χ2n) is 5.36. The first kappa shape index (κ1) is 12.2. The summed E-state index contributed by atoms with van der Waals surface area (Å²) in [7, 11) is 0. The van der Waals surface area contributed by atoms with Crippen LogP contribution in [-0.4, -0.2) is 0 Å². The highest BCUT2D eigenvalue weighted by molar-refractivity contribution is 5.36. The molecular formula is C16H21N. The SMILES string of the molecule is Cc1ccc(C(C#N)C2CCCCC2)c(C)c1. The Hall–Kier alpha value is -1.29. The molecule has 1 fully saturated rings. The van der Waals surface area contributed by atoms with Gasteiger partial charge in [0.1, 0.15) is 0 Å². The third-order valence-corrected chi connectivity index (χ3v) is 4.02. The van der Waals surface area contributed by atoms with Crippen molar-refractivity contribution in [1.82, 2.24) is 0 Å². The van der Waals surface area contributed by atoms with Gasteiger partial charge in [-0.15, -0.1) is 0 Å². The number of nitrogens with zero attached hydrogens (tertiary/aromatic N) is 1. The standard InChI is InChI=1S/C16H21N/c1-12-8-9-15(13(2)10-12)16(11-17)14-6-4-3-5-7-14/h8-10,14,16H,3-7H2,1-2H3. The van der Waals surface area contributed by atoms with Gasteiger partial charge in [0.2, 0.25) is 0 Å². The van der Waals surface area contributed by atoms with Gasteiger partial charge in [0.25, 0.3) is 0 Å². The van der Waals surface area contributed by atoms with Gasteiger partial charge < -0.3 is 0 Å². The van der Waals surface area contributed by atoms with Crippen LogP contribution >= 0.6 is 0 Å². The zero-order valence-corrected chi connectivity index (χ0v) is 10.9. The largest absolute Gasteiger partial charge is 0.198 e. The summed E-state index contributed by atoms with van der Waals surface area (Å²) in [5.74, 6) is 0.686. The van der Waals surface area contributed by atoms with Gasteiger partial charge in [0, 0.05) is 0 Å². The predicted molar refractivity (Wildman–Crippen MR) is 70.8 cm³/mol. The zero-order valence-electron chi connectivity index (χ0n) is 10.9. The summed E-state index contributed by atoms with van der Waals surface area (Å²) in [6, 6.07) is 9.04. The Morgan fingerprint density at radius 2 is 1.88 bits per heavy atom. The smallest absolute Gasteiger partial charge is 0.0743 e. The summed E-state index contributed by atoms with van der Waals surface area (Å²) >= 11 is 0. The van der Waals surface area contributed by atoms with E-state index in [9.17, 15) is 5.26 Å². The van der Waals surface area contributed by atoms with E-state index in [-0.39, 0.29) is 5.92 Å². The van der Waals surface area contributed by atoms with E-state index < -0.39 is 0 Å². The van der Waals surface area contributed by atoms with E-state index >= 15 is 0 Å². The number of benzene rings is 1. The Balaban J connectivity index is 2.25. The maximum atomic E-state index is 9.48. The highest BCUT2D eigenvalue weighted by atomic mass is 14.3. The molecule has 2 rings (SSSR count). The zero-order chi connectivity index (χ0) is 12.3. The molecule has 1 atom stereocenters. The minimum Gasteiger partial charge on any atom is -0.198 e. The van der Waals surface area contributed by atoms with Gasteiger partial charge in [0.05, 0.1) is 12.0 Å². The van der Waals surface area contributed by atoms with Crippen LogP contribution in [0.1, 0.15) is 54.7 Å². The molecule has 1 aliphatic carbocycles. The average Bonchev–Trinajstić information content (AvgIpc) is 2.34. The van der Waals surface area contributed by atoms with Crippen molar-refractivity contribution < 1.29 is 0 Å². The third kappa shape index (κ3) is 2.69. The summed E-state index contributed by atoms with van der Waals surface area (Å²) in [5, 5.41) is 9.48. The molecule has 0 aromatic heterocycles. The second-order valence-corrected chi connectivity index (χ2v) is 5.36. The van der Waals surface area contributed by atoms with Crippen LogP contribution in [0.4, 0.5) is 0 Å². The molecule has 1 aromatic carbocycles. The van der Waals surface area contributed by atoms with E-state index in [2.05, 4.69) is 38.1 Å². The number of aryl methyl sites for hydroxylation is 2. The Morgan fingerprint density at radius 3 is 2.47 bits per heavy atom. The maximum absolute atomic E-state index is 9.48. The molecule has 0 radical (unpaired) electrons. The fourth-order valence-corrected chi connectivity index (χ4v) is 3.07. The third-order valence-electron chi connectivity index (χ3n) is 4.02. The number of nitriles is 1. The van der Waals surface area contributed by atoms with Gasteiger partial charge in [0.15, 0.2) is 0 Å². The van der Waals surface area contributed by atoms with Crippen LogP contribution in [0.5, 0.6) is 0 Å². The molecule has 1 nitrogen and oxygen atoms in total. The van der Waals surface area contributed by atoms with E-state index in [1.165, 1.54) is 48.8 Å². The molecule has 0 saturated heterocycles. The molecule has 1 unspecified atom stereocenters. The molecule has 1 aromatic rings. The first-order valence-corrected chi connectivity index (χ1v) is 6.69. The van der Waals surface area contributed by atoms with Gasteiger partial charge in [-0.25, -0.2) is 0 Å². The van der Waals surface area contributed by atoms with Gasteiger partial charge in [-0.3, -0.25) is 0 Å². The molecule has 0 heterocycles. The molecule has 17 heavy (non-hydrogen) atoms. The van der Waals surface area contributed by atoms with Gasteiger partial charge >= 0.3 is 0 Å². The van der Waals surface area contributed by atoms with E-state index in [1.807, 2.05) is 0 Å². The molecule has 1 heteroatoms. The average molecular weight is 227 g/mol. The van der Waals surface area contributed by atoms with Crippen molar-refractivity contribution in [1.29, 1.82) is 5.26 Å². The Bertz CT molecular complexity index is 422. The predicted octanol–water partition coefficient (Wildman–Crippen LogP) is 4.49. The Morgan fingerprint density at radius 1 is 1.18 bits per heavy atom. The molecule has 0 N–H and O–H groups in total. The lowest BCUT2D eigenvalue weighted by atomic mass is 9.76. The minimum absolute atomic E-state index is 0.107. The van der Waals surface area contributed by atoms with Crippen LogP contribution in [0, 0.1) is 31.1 Å². The minimum atomic E-state index is 0.107. The van der Waals surface area contributed by atoms with E-state index in [4.69, 9.17) is 0 Å². The molecule has 1 aliphatic rings. The first-order valence-electron chi connectivity index (χ1n) is 6.69. The van der Waals surface area contributed by atoms with E-state index in [0.29, 0.717) is 5.92 Å². The lowest BCUT2D eigenvalue weighted by molar-refractivity contribution is 0.335. The lowest BCUT2D eigenvalue weighted by Crippen LogP contribution is -2.16. The van der Waals surface area contributed by atoms with E-state index in [1.54, 1.807) is 0 Å². The fraction of sp³-hybridized carbons (Fsp3) is 0.562. The highest BCUT2D eigenvalue weighted by Gasteiger charge is 2.25. The van der Waals surface area contributed by atoms with Crippen molar-refractivity contribution in [2.75, 3.05) is 0 Å². The monoisotopic (exact) mass is 227 g/mol. The van der Waals surface area contributed by atoms with Crippen LogP contribution in [0.3, 0.4) is 0 Å². The second kappa shape index (κ2) is 5.36. The highest BCUT2D eigenvalue weighted by Crippen LogP contribution is 2.36. The molecule has 90 valence electrons. The normalized spacial score (nSPS) is 18.6. The summed E-state index contributed by atoms with van der Waals surface area (Å²) in [6.45, 7) is 4.24. The quantitative estimate of drug-likeness (QED) is 0.730. The number of hydrogen-bond donors (Lipinski definition) is 0. The van der Waals surface area contributed by atoms with Crippen molar-refractivity contribution in [2.45, 2.75) is 51.9 Å². The fourth-order valence-electron chi connectivity index (χ4n) is 3.07. The molecule has 0 amide bonds. The van der Waals surface area contributed by atoms with Gasteiger partial charge in [-0.1, -0.05) is 43.0 Å². The maximum Gasteiger partial charge on any atom is 0.0743 e. The Kier molecular flexibility index (Phi) is 3.84.